The number of benzene rings is 1. The van der Waals surface area contributed by atoms with Crippen molar-refractivity contribution < 1.29 is 5.11 Å². The number of para-hydroxylation sites is 1. The van der Waals surface area contributed by atoms with Gasteiger partial charge in [-0.25, -0.2) is 0 Å². The van der Waals surface area contributed by atoms with E-state index in [0.29, 0.717) is 11.7 Å². The van der Waals surface area contributed by atoms with Crippen molar-refractivity contribution in [2.45, 2.75) is 18.4 Å². The highest BCUT2D eigenvalue weighted by molar-refractivity contribution is 5.39. The van der Waals surface area contributed by atoms with E-state index in [0.717, 1.165) is 12.0 Å². The number of phenolic OH excluding ortho intramolecular Hbond substituents is 1. The molecule has 3 N–H and O–H groups in total. The van der Waals surface area contributed by atoms with Crippen LogP contribution in [0.1, 0.15) is 17.9 Å². The Morgan fingerprint density at radius 2 is 2.00 bits per heavy atom. The molecule has 2 nitrogen and oxygen atoms in total. The fraction of sp³-hybridized carbons (Fsp3) is 0.333. The third kappa shape index (κ3) is 1.10. The zero-order chi connectivity index (χ0) is 7.84. The number of phenols is 1. The van der Waals surface area contributed by atoms with Gasteiger partial charge < -0.3 is 10.8 Å². The van der Waals surface area contributed by atoms with Crippen LogP contribution in [0.25, 0.3) is 0 Å². The van der Waals surface area contributed by atoms with Gasteiger partial charge in [0, 0.05) is 12.0 Å². The van der Waals surface area contributed by atoms with Crippen LogP contribution in [0.5, 0.6) is 5.75 Å². The molecule has 2 heteroatoms. The first-order valence-electron chi connectivity index (χ1n) is 3.82. The average molecular weight is 149 g/mol. The van der Waals surface area contributed by atoms with Crippen molar-refractivity contribution in [3.63, 3.8) is 0 Å². The molecule has 0 heterocycles. The second-order valence-corrected chi connectivity index (χ2v) is 3.06. The van der Waals surface area contributed by atoms with E-state index in [1.54, 1.807) is 6.07 Å². The number of hydrogen-bond acceptors (Lipinski definition) is 2. The molecule has 0 spiro atoms. The molecule has 0 bridgehead atoms. The molecule has 1 fully saturated rings. The van der Waals surface area contributed by atoms with Gasteiger partial charge in [0.15, 0.2) is 0 Å². The SMILES string of the molecule is N[C@@H]1CC1c1ccccc1O. The van der Waals surface area contributed by atoms with Gasteiger partial charge in [0.25, 0.3) is 0 Å². The molecule has 1 aliphatic carbocycles. The van der Waals surface area contributed by atoms with Crippen molar-refractivity contribution in [1.29, 1.82) is 0 Å². The van der Waals surface area contributed by atoms with Gasteiger partial charge >= 0.3 is 0 Å². The van der Waals surface area contributed by atoms with Crippen LogP contribution in [0.3, 0.4) is 0 Å². The van der Waals surface area contributed by atoms with Gasteiger partial charge in [-0.2, -0.15) is 0 Å². The smallest absolute Gasteiger partial charge is 0.119 e. The topological polar surface area (TPSA) is 46.2 Å². The quantitative estimate of drug-likeness (QED) is 0.630. The van der Waals surface area contributed by atoms with Crippen LogP contribution in [0, 0.1) is 0 Å². The van der Waals surface area contributed by atoms with Crippen LogP contribution < -0.4 is 5.73 Å². The lowest BCUT2D eigenvalue weighted by atomic mass is 10.1. The van der Waals surface area contributed by atoms with Crippen LogP contribution in [-0.2, 0) is 0 Å². The van der Waals surface area contributed by atoms with E-state index >= 15 is 0 Å². The highest BCUT2D eigenvalue weighted by Gasteiger charge is 2.36. The van der Waals surface area contributed by atoms with Gasteiger partial charge in [0.1, 0.15) is 5.75 Å². The minimum Gasteiger partial charge on any atom is -0.508 e. The van der Waals surface area contributed by atoms with Gasteiger partial charge in [-0.1, -0.05) is 18.2 Å². The standard InChI is InChI=1S/C9H11NO/c10-8-5-7(8)6-3-1-2-4-9(6)11/h1-4,7-8,11H,5,10H2/t7?,8-/m1/s1. The normalized spacial score (nSPS) is 28.5. The summed E-state index contributed by atoms with van der Waals surface area (Å²) in [5.74, 6) is 0.779. The van der Waals surface area contributed by atoms with E-state index < -0.39 is 0 Å². The molecule has 1 aliphatic rings. The Hall–Kier alpha value is -1.02. The Morgan fingerprint density at radius 1 is 1.36 bits per heavy atom. The molecular weight excluding hydrogens is 138 g/mol. The Labute approximate surface area is 65.7 Å². The molecule has 1 aromatic rings. The Kier molecular flexibility index (Phi) is 1.36. The van der Waals surface area contributed by atoms with Crippen LogP contribution in [0.2, 0.25) is 0 Å². The molecule has 1 saturated carbocycles. The van der Waals surface area contributed by atoms with Gasteiger partial charge in [0.2, 0.25) is 0 Å². The highest BCUT2D eigenvalue weighted by Crippen LogP contribution is 2.42. The highest BCUT2D eigenvalue weighted by atomic mass is 16.3. The summed E-state index contributed by atoms with van der Waals surface area (Å²) in [5, 5.41) is 9.38. The zero-order valence-corrected chi connectivity index (χ0v) is 6.20. The Bertz CT molecular complexity index is 272. The van der Waals surface area contributed by atoms with Gasteiger partial charge in [0.05, 0.1) is 0 Å². The summed E-state index contributed by atoms with van der Waals surface area (Å²) in [6.07, 6.45) is 1.01. The summed E-state index contributed by atoms with van der Waals surface area (Å²) in [7, 11) is 0. The summed E-state index contributed by atoms with van der Waals surface area (Å²) < 4.78 is 0. The molecule has 2 rings (SSSR count). The maximum absolute atomic E-state index is 9.38. The summed E-state index contributed by atoms with van der Waals surface area (Å²) in [6.45, 7) is 0. The lowest BCUT2D eigenvalue weighted by molar-refractivity contribution is 0.468. The second kappa shape index (κ2) is 2.24. The molecule has 1 unspecified atom stereocenters. The maximum atomic E-state index is 9.38. The zero-order valence-electron chi connectivity index (χ0n) is 6.20. The molecular formula is C9H11NO. The Balaban J connectivity index is 2.31. The predicted octanol–water partition coefficient (Wildman–Crippen LogP) is 1.21. The van der Waals surface area contributed by atoms with Crippen LogP contribution >= 0.6 is 0 Å². The first-order valence-corrected chi connectivity index (χ1v) is 3.82. The number of aromatic hydroxyl groups is 1. The number of nitrogens with two attached hydrogens (primary N) is 1. The van der Waals surface area contributed by atoms with Crippen molar-refractivity contribution in [1.82, 2.24) is 0 Å². The van der Waals surface area contributed by atoms with E-state index in [1.165, 1.54) is 0 Å². The average Bonchev–Trinajstić information content (AvgIpc) is 2.68. The van der Waals surface area contributed by atoms with Gasteiger partial charge in [-0.05, 0) is 18.1 Å². The molecule has 0 aromatic heterocycles. The maximum Gasteiger partial charge on any atom is 0.119 e. The molecule has 1 aromatic carbocycles. The molecule has 0 saturated heterocycles. The van der Waals surface area contributed by atoms with Crippen LogP contribution in [0.15, 0.2) is 24.3 Å². The predicted molar refractivity (Wildman–Crippen MR) is 43.4 cm³/mol. The lowest BCUT2D eigenvalue weighted by Gasteiger charge is -2.00. The minimum atomic E-state index is 0.267. The lowest BCUT2D eigenvalue weighted by Crippen LogP contribution is -2.00. The molecule has 0 radical (unpaired) electrons. The first-order chi connectivity index (χ1) is 5.29. The second-order valence-electron chi connectivity index (χ2n) is 3.06. The minimum absolute atomic E-state index is 0.267. The van der Waals surface area contributed by atoms with E-state index in [1.807, 2.05) is 18.2 Å². The van der Waals surface area contributed by atoms with Gasteiger partial charge in [-0.3, -0.25) is 0 Å². The number of hydrogen-bond donors (Lipinski definition) is 2. The third-order valence-electron chi connectivity index (χ3n) is 2.18. The summed E-state index contributed by atoms with van der Waals surface area (Å²) in [4.78, 5) is 0. The molecule has 58 valence electrons. The summed E-state index contributed by atoms with van der Waals surface area (Å²) in [5.41, 5.74) is 6.66. The van der Waals surface area contributed by atoms with E-state index in [2.05, 4.69) is 0 Å². The largest absolute Gasteiger partial charge is 0.508 e. The van der Waals surface area contributed by atoms with Crippen molar-refractivity contribution in [3.8, 4) is 5.75 Å². The third-order valence-corrected chi connectivity index (χ3v) is 2.18. The molecule has 2 atom stereocenters. The van der Waals surface area contributed by atoms with E-state index in [9.17, 15) is 5.11 Å². The molecule has 0 amide bonds. The van der Waals surface area contributed by atoms with Crippen molar-refractivity contribution in [2.75, 3.05) is 0 Å². The molecule has 0 aliphatic heterocycles. The van der Waals surface area contributed by atoms with Crippen LogP contribution in [0.4, 0.5) is 0 Å². The van der Waals surface area contributed by atoms with Crippen molar-refractivity contribution in [2.24, 2.45) is 5.73 Å². The molecule has 11 heavy (non-hydrogen) atoms. The van der Waals surface area contributed by atoms with E-state index in [-0.39, 0.29) is 6.04 Å². The summed E-state index contributed by atoms with van der Waals surface area (Å²) >= 11 is 0. The number of rotatable bonds is 1. The van der Waals surface area contributed by atoms with Crippen molar-refractivity contribution >= 4 is 0 Å². The first kappa shape index (κ1) is 6.68. The monoisotopic (exact) mass is 149 g/mol. The fourth-order valence-corrected chi connectivity index (χ4v) is 1.37. The van der Waals surface area contributed by atoms with Crippen molar-refractivity contribution in [3.05, 3.63) is 29.8 Å². The fourth-order valence-electron chi connectivity index (χ4n) is 1.37. The Morgan fingerprint density at radius 3 is 2.55 bits per heavy atom. The van der Waals surface area contributed by atoms with Crippen LogP contribution in [-0.4, -0.2) is 11.1 Å². The van der Waals surface area contributed by atoms with E-state index in [4.69, 9.17) is 5.73 Å². The summed E-state index contributed by atoms with van der Waals surface area (Å²) in [6, 6.07) is 7.67. The van der Waals surface area contributed by atoms with Gasteiger partial charge in [-0.15, -0.1) is 0 Å².